The van der Waals surface area contributed by atoms with Crippen LogP contribution in [0, 0.1) is 5.41 Å². The molecule has 11 nitrogen and oxygen atoms in total. The molecular weight excluding hydrogens is 558 g/mol. The average Bonchev–Trinajstić information content (AvgIpc) is 3.49. The van der Waals surface area contributed by atoms with Gasteiger partial charge in [-0.2, -0.15) is 4.98 Å². The first-order chi connectivity index (χ1) is 19.6. The van der Waals surface area contributed by atoms with Crippen molar-refractivity contribution in [2.45, 2.75) is 57.7 Å². The number of anilines is 4. The summed E-state index contributed by atoms with van der Waals surface area (Å²) < 4.78 is 60.2. The van der Waals surface area contributed by atoms with Crippen molar-refractivity contribution < 1.29 is 31.8 Å². The van der Waals surface area contributed by atoms with Crippen molar-refractivity contribution in [1.29, 1.82) is 0 Å². The highest BCUT2D eigenvalue weighted by Gasteiger charge is 2.44. The van der Waals surface area contributed by atoms with E-state index >= 15 is 0 Å². The van der Waals surface area contributed by atoms with Crippen molar-refractivity contribution >= 4 is 39.1 Å². The molecule has 1 aromatic carbocycles. The maximum absolute atomic E-state index is 13.8. The van der Waals surface area contributed by atoms with Gasteiger partial charge in [0.15, 0.2) is 0 Å². The number of piperidine rings is 2. The summed E-state index contributed by atoms with van der Waals surface area (Å²) in [6.07, 6.45) is 3.86. The van der Waals surface area contributed by atoms with Gasteiger partial charge in [-0.1, -0.05) is 0 Å². The lowest BCUT2D eigenvalue weighted by Crippen LogP contribution is -2.40. The van der Waals surface area contributed by atoms with Crippen LogP contribution in [-0.2, 0) is 28.0 Å². The Morgan fingerprint density at radius 2 is 1.71 bits per heavy atom. The molecule has 1 spiro atoms. The molecule has 41 heavy (non-hydrogen) atoms. The molecule has 1 aromatic heterocycles. The van der Waals surface area contributed by atoms with Crippen molar-refractivity contribution in [3.05, 3.63) is 35.0 Å². The number of nitrogens with one attached hydrogen (secondary N) is 2. The van der Waals surface area contributed by atoms with Crippen LogP contribution < -0.4 is 19.8 Å². The fraction of sp³-hybridized carbons (Fsp3) is 0.593. The second-order valence-corrected chi connectivity index (χ2v) is 13.3. The Kier molecular flexibility index (Phi) is 7.27. The van der Waals surface area contributed by atoms with E-state index < -0.39 is 34.2 Å². The van der Waals surface area contributed by atoms with E-state index in [2.05, 4.69) is 24.9 Å². The van der Waals surface area contributed by atoms with Crippen molar-refractivity contribution in [3.63, 3.8) is 0 Å². The van der Waals surface area contributed by atoms with Gasteiger partial charge in [0.1, 0.15) is 5.82 Å². The van der Waals surface area contributed by atoms with E-state index in [9.17, 15) is 22.0 Å². The molecule has 2 saturated heterocycles. The maximum atomic E-state index is 13.8. The van der Waals surface area contributed by atoms with Gasteiger partial charge in [0.05, 0.1) is 48.2 Å². The van der Waals surface area contributed by atoms with Crippen LogP contribution in [0.2, 0.25) is 0 Å². The molecule has 0 unspecified atom stereocenters. The van der Waals surface area contributed by atoms with Gasteiger partial charge in [-0.3, -0.25) is 9.52 Å². The lowest BCUT2D eigenvalue weighted by Gasteiger charge is -2.35. The monoisotopic (exact) mass is 592 g/mol. The topological polar surface area (TPSA) is 137 Å². The third kappa shape index (κ3) is 6.09. The molecule has 4 heterocycles. The van der Waals surface area contributed by atoms with Crippen LogP contribution in [-0.4, -0.2) is 73.9 Å². The van der Waals surface area contributed by atoms with Gasteiger partial charge >= 0.3 is 0 Å². The highest BCUT2D eigenvalue weighted by Crippen LogP contribution is 2.54. The Bertz CT molecular complexity index is 1430. The van der Waals surface area contributed by atoms with Gasteiger partial charge in [-0.25, -0.2) is 22.2 Å². The fourth-order valence-electron chi connectivity index (χ4n) is 5.79. The van der Waals surface area contributed by atoms with Crippen LogP contribution in [0.5, 0.6) is 0 Å². The van der Waals surface area contributed by atoms with Crippen molar-refractivity contribution in [3.8, 4) is 0 Å². The summed E-state index contributed by atoms with van der Waals surface area (Å²) in [4.78, 5) is 26.7. The summed E-state index contributed by atoms with van der Waals surface area (Å²) in [7, 11) is -3.75. The molecule has 1 saturated carbocycles. The Labute approximate surface area is 237 Å². The number of aliphatic hydroxyl groups excluding tert-OH is 1. The number of carbonyl (C=O) groups is 1. The summed E-state index contributed by atoms with van der Waals surface area (Å²) in [5.41, 5.74) is 2.91. The van der Waals surface area contributed by atoms with Crippen LogP contribution in [0.15, 0.2) is 18.2 Å². The van der Waals surface area contributed by atoms with Gasteiger partial charge in [0.2, 0.25) is 16.0 Å². The van der Waals surface area contributed by atoms with E-state index in [-0.39, 0.29) is 50.9 Å². The van der Waals surface area contributed by atoms with Crippen LogP contribution in [0.1, 0.15) is 60.1 Å². The zero-order chi connectivity index (χ0) is 28.8. The number of rotatable bonds is 8. The van der Waals surface area contributed by atoms with E-state index in [0.717, 1.165) is 25.9 Å². The highest BCUT2D eigenvalue weighted by atomic mass is 32.2. The molecule has 4 aliphatic rings. The molecule has 1 aliphatic carbocycles. The summed E-state index contributed by atoms with van der Waals surface area (Å²) >= 11 is 0. The van der Waals surface area contributed by atoms with Crippen LogP contribution in [0.3, 0.4) is 0 Å². The van der Waals surface area contributed by atoms with Crippen LogP contribution >= 0.6 is 0 Å². The standard InChI is InChI=1S/C27H34F2N6O5S/c28-27(29)7-11-35(12-8-27)25-30-21-17-40-16-20(21)23(32-25)31-24(37)19-2-1-18(33-41(38,39)14-13-36)15-22(19)34-9-5-26(3-4-26)6-10-34/h1-2,15,33,36H,3-14,16-17H2,(H,30,31,32,37). The Morgan fingerprint density at radius 1 is 1.00 bits per heavy atom. The van der Waals surface area contributed by atoms with Gasteiger partial charge in [-0.05, 0) is 49.3 Å². The number of ether oxygens (including phenoxy) is 1. The molecule has 0 atom stereocenters. The number of halogens is 2. The van der Waals surface area contributed by atoms with E-state index in [1.54, 1.807) is 17.0 Å². The predicted octanol–water partition coefficient (Wildman–Crippen LogP) is 3.11. The second-order valence-electron chi connectivity index (χ2n) is 11.5. The number of aliphatic hydroxyl groups is 1. The normalized spacial score (nSPS) is 21.0. The number of sulfonamides is 1. The molecular formula is C27H34F2N6O5S. The first-order valence-corrected chi connectivity index (χ1v) is 15.6. The molecule has 14 heteroatoms. The first-order valence-electron chi connectivity index (χ1n) is 14.0. The molecule has 0 bridgehead atoms. The van der Waals surface area contributed by atoms with Gasteiger partial charge in [0.25, 0.3) is 11.8 Å². The largest absolute Gasteiger partial charge is 0.395 e. The minimum Gasteiger partial charge on any atom is -0.395 e. The SMILES string of the molecule is O=C(Nc1nc(N2CCC(F)(F)CC2)nc2c1COC2)c1ccc(NS(=O)(=O)CCO)cc1N1CCC2(CC1)CC2. The smallest absolute Gasteiger partial charge is 0.258 e. The molecule has 3 aliphatic heterocycles. The molecule has 2 aromatic rings. The van der Waals surface area contributed by atoms with E-state index in [0.29, 0.717) is 33.6 Å². The Balaban J connectivity index is 1.29. The molecule has 0 radical (unpaired) electrons. The third-order valence-electron chi connectivity index (χ3n) is 8.57. The summed E-state index contributed by atoms with van der Waals surface area (Å²) in [5.74, 6) is -3.02. The maximum Gasteiger partial charge on any atom is 0.258 e. The zero-order valence-electron chi connectivity index (χ0n) is 22.7. The zero-order valence-corrected chi connectivity index (χ0v) is 23.5. The van der Waals surface area contributed by atoms with Crippen LogP contribution in [0.25, 0.3) is 0 Å². The number of hydrogen-bond acceptors (Lipinski definition) is 9. The average molecular weight is 593 g/mol. The minimum atomic E-state index is -3.75. The van der Waals surface area contributed by atoms with E-state index in [1.165, 1.54) is 18.9 Å². The number of alkyl halides is 2. The lowest BCUT2D eigenvalue weighted by atomic mass is 9.93. The van der Waals surface area contributed by atoms with E-state index in [1.807, 2.05) is 0 Å². The predicted molar refractivity (Wildman–Crippen MR) is 149 cm³/mol. The molecule has 1 amide bonds. The van der Waals surface area contributed by atoms with Crippen LogP contribution in [0.4, 0.5) is 31.9 Å². The Morgan fingerprint density at radius 3 is 2.39 bits per heavy atom. The number of amides is 1. The summed E-state index contributed by atoms with van der Waals surface area (Å²) in [6.45, 7) is 1.65. The van der Waals surface area contributed by atoms with Crippen molar-refractivity contribution in [2.24, 2.45) is 5.41 Å². The van der Waals surface area contributed by atoms with Crippen molar-refractivity contribution in [1.82, 2.24) is 9.97 Å². The van der Waals surface area contributed by atoms with Gasteiger partial charge in [-0.15, -0.1) is 0 Å². The number of aromatic nitrogens is 2. The number of hydrogen-bond donors (Lipinski definition) is 3. The van der Waals surface area contributed by atoms with E-state index in [4.69, 9.17) is 9.84 Å². The Hall–Kier alpha value is -3.10. The highest BCUT2D eigenvalue weighted by molar-refractivity contribution is 7.92. The number of carbonyl (C=O) groups excluding carboxylic acids is 1. The summed E-state index contributed by atoms with van der Waals surface area (Å²) in [5, 5.41) is 12.0. The molecule has 3 N–H and O–H groups in total. The minimum absolute atomic E-state index is 0.105. The fourth-order valence-corrected chi connectivity index (χ4v) is 6.62. The number of benzene rings is 1. The summed E-state index contributed by atoms with van der Waals surface area (Å²) in [6, 6.07) is 4.75. The van der Waals surface area contributed by atoms with Gasteiger partial charge < -0.3 is 25.0 Å². The number of fused-ring (bicyclic) bond motifs is 1. The van der Waals surface area contributed by atoms with Gasteiger partial charge in [0, 0.05) is 44.6 Å². The first kappa shape index (κ1) is 28.0. The number of nitrogens with zero attached hydrogens (tertiary/aromatic N) is 4. The quantitative estimate of drug-likeness (QED) is 0.422. The molecule has 6 rings (SSSR count). The second kappa shape index (κ2) is 10.6. The molecule has 222 valence electrons. The van der Waals surface area contributed by atoms with Crippen molar-refractivity contribution in [2.75, 3.05) is 58.4 Å². The lowest BCUT2D eigenvalue weighted by molar-refractivity contribution is -0.0222. The third-order valence-corrected chi connectivity index (χ3v) is 9.84. The molecule has 3 fully saturated rings.